The van der Waals surface area contributed by atoms with Crippen LogP contribution in [0.1, 0.15) is 31.7 Å². The highest BCUT2D eigenvalue weighted by Gasteiger charge is 2.24. The molecule has 0 radical (unpaired) electrons. The Morgan fingerprint density at radius 3 is 3.00 bits per heavy atom. The van der Waals surface area contributed by atoms with Gasteiger partial charge in [-0.05, 0) is 49.3 Å². The number of hydrogen-bond acceptors (Lipinski definition) is 3. The number of fused-ring (bicyclic) bond motifs is 1. The molecule has 3 N–H and O–H groups in total. The molecule has 1 saturated heterocycles. The highest BCUT2D eigenvalue weighted by atomic mass is 16.2. The summed E-state index contributed by atoms with van der Waals surface area (Å²) in [6, 6.07) is 5.76. The molecule has 5 heteroatoms. The molecule has 22 heavy (non-hydrogen) atoms. The van der Waals surface area contributed by atoms with Crippen molar-refractivity contribution in [1.29, 1.82) is 0 Å². The predicted molar refractivity (Wildman–Crippen MR) is 87.4 cm³/mol. The first-order valence-corrected chi connectivity index (χ1v) is 8.10. The van der Waals surface area contributed by atoms with Gasteiger partial charge in [-0.25, -0.2) is 4.98 Å². The predicted octanol–water partition coefficient (Wildman–Crippen LogP) is 2.08. The van der Waals surface area contributed by atoms with Crippen LogP contribution in [0.4, 0.5) is 0 Å². The number of piperidine rings is 1. The topological polar surface area (TPSA) is 75.0 Å². The molecule has 1 amide bonds. The lowest BCUT2D eigenvalue weighted by atomic mass is 9.98. The molecule has 0 saturated carbocycles. The average Bonchev–Trinajstić information content (AvgIpc) is 3.00. The van der Waals surface area contributed by atoms with Crippen LogP contribution in [0.3, 0.4) is 0 Å². The molecule has 1 aromatic carbocycles. The molecule has 5 nitrogen and oxygen atoms in total. The summed E-state index contributed by atoms with van der Waals surface area (Å²) in [4.78, 5) is 21.7. The van der Waals surface area contributed by atoms with Crippen LogP contribution in [0, 0.1) is 5.92 Å². The van der Waals surface area contributed by atoms with Gasteiger partial charge in [0, 0.05) is 13.1 Å². The van der Waals surface area contributed by atoms with Crippen LogP contribution >= 0.6 is 0 Å². The van der Waals surface area contributed by atoms with Crippen LogP contribution in [0.25, 0.3) is 11.0 Å². The number of aromatic amines is 1. The Morgan fingerprint density at radius 1 is 1.45 bits per heavy atom. The molecule has 1 aromatic heterocycles. The number of nitrogens with one attached hydrogen (secondary N) is 1. The number of rotatable bonds is 4. The summed E-state index contributed by atoms with van der Waals surface area (Å²) in [5.74, 6) is 0.827. The van der Waals surface area contributed by atoms with Crippen molar-refractivity contribution >= 4 is 16.9 Å². The Labute approximate surface area is 130 Å². The van der Waals surface area contributed by atoms with E-state index in [1.165, 1.54) is 5.56 Å². The molecule has 118 valence electrons. The quantitative estimate of drug-likeness (QED) is 0.908. The number of benzene rings is 1. The summed E-state index contributed by atoms with van der Waals surface area (Å²) in [5.41, 5.74) is 9.28. The van der Waals surface area contributed by atoms with Crippen LogP contribution < -0.4 is 5.73 Å². The second kappa shape index (κ2) is 6.48. The van der Waals surface area contributed by atoms with Gasteiger partial charge in [-0.15, -0.1) is 0 Å². The van der Waals surface area contributed by atoms with E-state index in [0.717, 1.165) is 49.3 Å². The summed E-state index contributed by atoms with van der Waals surface area (Å²) in [5, 5.41) is 0. The van der Waals surface area contributed by atoms with Crippen LogP contribution in [-0.4, -0.2) is 39.9 Å². The summed E-state index contributed by atoms with van der Waals surface area (Å²) in [6.07, 6.45) is 5.37. The minimum absolute atomic E-state index is 0.104. The summed E-state index contributed by atoms with van der Waals surface area (Å²) in [7, 11) is 0. The fourth-order valence-electron chi connectivity index (χ4n) is 3.04. The van der Waals surface area contributed by atoms with Crippen LogP contribution in [0.5, 0.6) is 0 Å². The lowest BCUT2D eigenvalue weighted by Crippen LogP contribution is -2.47. The Bertz CT molecular complexity index is 643. The third kappa shape index (κ3) is 3.30. The molecule has 0 bridgehead atoms. The number of hydrogen-bond donors (Lipinski definition) is 2. The number of aryl methyl sites for hydroxylation is 1. The minimum atomic E-state index is -0.400. The fraction of sp³-hybridized carbons (Fsp3) is 0.529. The number of nitrogens with zero attached hydrogens (tertiary/aromatic N) is 2. The fourth-order valence-corrected chi connectivity index (χ4v) is 3.04. The van der Waals surface area contributed by atoms with Crippen LogP contribution in [0.15, 0.2) is 24.5 Å². The number of likely N-dealkylation sites (tertiary alicyclic amines) is 1. The van der Waals surface area contributed by atoms with Crippen molar-refractivity contribution in [2.24, 2.45) is 11.7 Å². The van der Waals surface area contributed by atoms with E-state index in [1.54, 1.807) is 6.33 Å². The molecule has 2 aromatic rings. The number of carbonyl (C=O) groups excluding carboxylic acids is 1. The highest BCUT2D eigenvalue weighted by Crippen LogP contribution is 2.18. The molecule has 0 spiro atoms. The first kappa shape index (κ1) is 15.0. The molecular formula is C17H24N4O. The van der Waals surface area contributed by atoms with Gasteiger partial charge in [0.05, 0.1) is 23.4 Å². The van der Waals surface area contributed by atoms with Crippen molar-refractivity contribution < 1.29 is 4.79 Å². The first-order valence-electron chi connectivity index (χ1n) is 8.10. The van der Waals surface area contributed by atoms with Gasteiger partial charge in [0.25, 0.3) is 0 Å². The second-order valence-corrected chi connectivity index (χ2v) is 6.41. The van der Waals surface area contributed by atoms with Crippen molar-refractivity contribution in [3.05, 3.63) is 30.1 Å². The smallest absolute Gasteiger partial charge is 0.239 e. The Hall–Kier alpha value is -1.88. The van der Waals surface area contributed by atoms with E-state index < -0.39 is 6.04 Å². The number of H-pyrrole nitrogens is 1. The van der Waals surface area contributed by atoms with Gasteiger partial charge >= 0.3 is 0 Å². The van der Waals surface area contributed by atoms with Gasteiger partial charge in [0.1, 0.15) is 0 Å². The summed E-state index contributed by atoms with van der Waals surface area (Å²) in [6.45, 7) is 3.95. The molecule has 1 unspecified atom stereocenters. The van der Waals surface area contributed by atoms with Gasteiger partial charge < -0.3 is 15.6 Å². The van der Waals surface area contributed by atoms with E-state index in [0.29, 0.717) is 6.42 Å². The monoisotopic (exact) mass is 300 g/mol. The van der Waals surface area contributed by atoms with Crippen molar-refractivity contribution in [1.82, 2.24) is 14.9 Å². The number of carbonyl (C=O) groups is 1. The largest absolute Gasteiger partial charge is 0.345 e. The average molecular weight is 300 g/mol. The molecular weight excluding hydrogens is 276 g/mol. The van der Waals surface area contributed by atoms with Crippen molar-refractivity contribution in [3.8, 4) is 0 Å². The van der Waals surface area contributed by atoms with Crippen LogP contribution in [0.2, 0.25) is 0 Å². The molecule has 1 fully saturated rings. The van der Waals surface area contributed by atoms with Gasteiger partial charge in [-0.3, -0.25) is 4.79 Å². The van der Waals surface area contributed by atoms with E-state index in [-0.39, 0.29) is 5.91 Å². The zero-order valence-corrected chi connectivity index (χ0v) is 13.1. The second-order valence-electron chi connectivity index (χ2n) is 6.41. The van der Waals surface area contributed by atoms with E-state index in [4.69, 9.17) is 5.73 Å². The molecule has 1 atom stereocenters. The number of nitrogens with two attached hydrogens (primary N) is 1. The number of aromatic nitrogens is 2. The Morgan fingerprint density at radius 2 is 2.23 bits per heavy atom. The van der Waals surface area contributed by atoms with Gasteiger partial charge in [-0.1, -0.05) is 13.0 Å². The first-order chi connectivity index (χ1) is 10.6. The maximum Gasteiger partial charge on any atom is 0.239 e. The van der Waals surface area contributed by atoms with E-state index in [9.17, 15) is 4.79 Å². The molecule has 2 heterocycles. The van der Waals surface area contributed by atoms with Crippen LogP contribution in [-0.2, 0) is 11.2 Å². The zero-order chi connectivity index (χ0) is 15.5. The minimum Gasteiger partial charge on any atom is -0.345 e. The third-order valence-electron chi connectivity index (χ3n) is 4.64. The standard InChI is InChI=1S/C17H24N4O/c1-12-6-8-21(9-7-12)17(22)14(18)4-2-13-3-5-15-16(10-13)20-11-19-15/h3,5,10-12,14H,2,4,6-9,18H2,1H3,(H,19,20). The lowest BCUT2D eigenvalue weighted by Gasteiger charge is -2.32. The maximum absolute atomic E-state index is 12.4. The molecule has 1 aliphatic heterocycles. The maximum atomic E-state index is 12.4. The van der Waals surface area contributed by atoms with E-state index in [2.05, 4.69) is 29.0 Å². The summed E-state index contributed by atoms with van der Waals surface area (Å²) < 4.78 is 0. The molecule has 3 rings (SSSR count). The SMILES string of the molecule is CC1CCN(C(=O)C(N)CCc2ccc3[nH]cnc3c2)CC1. The normalized spacial score (nSPS) is 17.8. The number of amides is 1. The van der Waals surface area contributed by atoms with Gasteiger partial charge in [-0.2, -0.15) is 0 Å². The van der Waals surface area contributed by atoms with Crippen molar-refractivity contribution in [3.63, 3.8) is 0 Å². The molecule has 1 aliphatic rings. The Balaban J connectivity index is 1.54. The Kier molecular flexibility index (Phi) is 4.43. The lowest BCUT2D eigenvalue weighted by molar-refractivity contribution is -0.134. The van der Waals surface area contributed by atoms with Gasteiger partial charge in [0.15, 0.2) is 0 Å². The van der Waals surface area contributed by atoms with Gasteiger partial charge in [0.2, 0.25) is 5.91 Å². The third-order valence-corrected chi connectivity index (χ3v) is 4.64. The molecule has 0 aliphatic carbocycles. The van der Waals surface area contributed by atoms with Crippen molar-refractivity contribution in [2.75, 3.05) is 13.1 Å². The van der Waals surface area contributed by atoms with E-state index in [1.807, 2.05) is 11.0 Å². The van der Waals surface area contributed by atoms with E-state index >= 15 is 0 Å². The summed E-state index contributed by atoms with van der Waals surface area (Å²) >= 11 is 0. The highest BCUT2D eigenvalue weighted by molar-refractivity contribution is 5.81. The number of imidazole rings is 1. The van der Waals surface area contributed by atoms with Crippen molar-refractivity contribution in [2.45, 2.75) is 38.6 Å². The zero-order valence-electron chi connectivity index (χ0n) is 13.1.